The number of aliphatic hydroxyl groups excluding tert-OH is 1. The Morgan fingerprint density at radius 1 is 1.17 bits per heavy atom. The van der Waals surface area contributed by atoms with E-state index >= 15 is 0 Å². The maximum absolute atomic E-state index is 9.07. The van der Waals surface area contributed by atoms with Crippen LogP contribution in [0.1, 0.15) is 18.3 Å². The second kappa shape index (κ2) is 7.02. The normalized spacial score (nSPS) is 10.7. The first-order valence-corrected chi connectivity index (χ1v) is 7.46. The van der Waals surface area contributed by atoms with Crippen molar-refractivity contribution < 1.29 is 9.84 Å². The van der Waals surface area contributed by atoms with Gasteiger partial charge in [-0.05, 0) is 30.7 Å². The zero-order valence-corrected chi connectivity index (χ0v) is 12.9. The number of benzene rings is 1. The Kier molecular flexibility index (Phi) is 4.63. The SMILES string of the molecule is CCOc1cccc(-c2ncccc2Cn2cnc(CO)n2)c1. The molecule has 0 fully saturated rings. The van der Waals surface area contributed by atoms with Crippen molar-refractivity contribution in [3.8, 4) is 17.0 Å². The fourth-order valence-corrected chi connectivity index (χ4v) is 2.38. The molecule has 2 aromatic heterocycles. The summed E-state index contributed by atoms with van der Waals surface area (Å²) in [5.74, 6) is 1.23. The van der Waals surface area contributed by atoms with Gasteiger partial charge in [0.15, 0.2) is 5.82 Å². The lowest BCUT2D eigenvalue weighted by atomic mass is 10.1. The minimum Gasteiger partial charge on any atom is -0.494 e. The molecule has 3 rings (SSSR count). The van der Waals surface area contributed by atoms with Crippen LogP contribution in [0.4, 0.5) is 0 Å². The average molecular weight is 310 g/mol. The van der Waals surface area contributed by atoms with E-state index in [-0.39, 0.29) is 6.61 Å². The molecule has 1 N–H and O–H groups in total. The van der Waals surface area contributed by atoms with Gasteiger partial charge in [0.2, 0.25) is 0 Å². The highest BCUT2D eigenvalue weighted by Gasteiger charge is 2.09. The van der Waals surface area contributed by atoms with Crippen LogP contribution >= 0.6 is 0 Å². The molecule has 0 bridgehead atoms. The molecule has 0 radical (unpaired) electrons. The lowest BCUT2D eigenvalue weighted by molar-refractivity contribution is 0.271. The van der Waals surface area contributed by atoms with E-state index in [9.17, 15) is 0 Å². The summed E-state index contributed by atoms with van der Waals surface area (Å²) in [7, 11) is 0. The van der Waals surface area contributed by atoms with Gasteiger partial charge in [0.05, 0.1) is 18.8 Å². The lowest BCUT2D eigenvalue weighted by Crippen LogP contribution is -2.04. The first-order valence-electron chi connectivity index (χ1n) is 7.46. The summed E-state index contributed by atoms with van der Waals surface area (Å²) < 4.78 is 7.25. The summed E-state index contributed by atoms with van der Waals surface area (Å²) in [6.45, 7) is 2.96. The molecule has 2 heterocycles. The average Bonchev–Trinajstić information content (AvgIpc) is 3.04. The molecular weight excluding hydrogens is 292 g/mol. The van der Waals surface area contributed by atoms with Crippen molar-refractivity contribution in [1.29, 1.82) is 0 Å². The largest absolute Gasteiger partial charge is 0.494 e. The molecule has 0 unspecified atom stereocenters. The zero-order valence-electron chi connectivity index (χ0n) is 12.9. The Balaban J connectivity index is 1.92. The van der Waals surface area contributed by atoms with Crippen LogP contribution in [-0.4, -0.2) is 31.5 Å². The molecule has 3 aromatic rings. The maximum Gasteiger partial charge on any atom is 0.175 e. The molecule has 0 aliphatic rings. The number of hydrogen-bond acceptors (Lipinski definition) is 5. The number of rotatable bonds is 6. The number of hydrogen-bond donors (Lipinski definition) is 1. The molecule has 0 amide bonds. The van der Waals surface area contributed by atoms with Crippen LogP contribution in [0, 0.1) is 0 Å². The molecule has 6 heteroatoms. The number of aliphatic hydroxyl groups is 1. The van der Waals surface area contributed by atoms with Crippen LogP contribution in [0.3, 0.4) is 0 Å². The van der Waals surface area contributed by atoms with E-state index in [1.54, 1.807) is 17.2 Å². The molecule has 0 saturated heterocycles. The molecule has 118 valence electrons. The van der Waals surface area contributed by atoms with Gasteiger partial charge < -0.3 is 9.84 Å². The number of pyridine rings is 1. The molecule has 0 saturated carbocycles. The summed E-state index contributed by atoms with van der Waals surface area (Å²) in [5, 5.41) is 13.3. The topological polar surface area (TPSA) is 73.1 Å². The molecule has 0 atom stereocenters. The highest BCUT2D eigenvalue weighted by Crippen LogP contribution is 2.25. The van der Waals surface area contributed by atoms with E-state index in [4.69, 9.17) is 9.84 Å². The van der Waals surface area contributed by atoms with Crippen molar-refractivity contribution >= 4 is 0 Å². The highest BCUT2D eigenvalue weighted by atomic mass is 16.5. The summed E-state index contributed by atoms with van der Waals surface area (Å²) >= 11 is 0. The Labute approximate surface area is 134 Å². The number of ether oxygens (including phenoxy) is 1. The monoisotopic (exact) mass is 310 g/mol. The third kappa shape index (κ3) is 3.54. The van der Waals surface area contributed by atoms with Gasteiger partial charge in [0, 0.05) is 11.8 Å². The number of aromatic nitrogens is 4. The third-order valence-corrected chi connectivity index (χ3v) is 3.37. The highest BCUT2D eigenvalue weighted by molar-refractivity contribution is 5.64. The van der Waals surface area contributed by atoms with E-state index in [2.05, 4.69) is 15.1 Å². The van der Waals surface area contributed by atoms with Crippen LogP contribution in [0.2, 0.25) is 0 Å². The van der Waals surface area contributed by atoms with E-state index in [1.165, 1.54) is 0 Å². The van der Waals surface area contributed by atoms with Crippen molar-refractivity contribution in [2.75, 3.05) is 6.61 Å². The first kappa shape index (κ1) is 15.2. The minimum absolute atomic E-state index is 0.163. The Hall–Kier alpha value is -2.73. The van der Waals surface area contributed by atoms with Gasteiger partial charge in [-0.3, -0.25) is 4.98 Å². The molecule has 23 heavy (non-hydrogen) atoms. The zero-order chi connectivity index (χ0) is 16.1. The summed E-state index contributed by atoms with van der Waals surface area (Å²) in [6, 6.07) is 11.8. The van der Waals surface area contributed by atoms with Gasteiger partial charge in [0.1, 0.15) is 18.7 Å². The van der Waals surface area contributed by atoms with Crippen molar-refractivity contribution in [1.82, 2.24) is 19.7 Å². The summed E-state index contributed by atoms with van der Waals surface area (Å²) in [6.07, 6.45) is 3.38. The van der Waals surface area contributed by atoms with Crippen molar-refractivity contribution in [3.05, 3.63) is 60.3 Å². The van der Waals surface area contributed by atoms with Crippen molar-refractivity contribution in [3.63, 3.8) is 0 Å². The van der Waals surface area contributed by atoms with Crippen molar-refractivity contribution in [2.24, 2.45) is 0 Å². The predicted molar refractivity (Wildman–Crippen MR) is 85.9 cm³/mol. The Morgan fingerprint density at radius 2 is 2.09 bits per heavy atom. The smallest absolute Gasteiger partial charge is 0.175 e. The van der Waals surface area contributed by atoms with Gasteiger partial charge in [0.25, 0.3) is 0 Å². The predicted octanol–water partition coefficient (Wildman–Crippen LogP) is 2.28. The van der Waals surface area contributed by atoms with Crippen molar-refractivity contribution in [2.45, 2.75) is 20.1 Å². The van der Waals surface area contributed by atoms with Gasteiger partial charge in [-0.1, -0.05) is 18.2 Å². The van der Waals surface area contributed by atoms with Gasteiger partial charge in [-0.15, -0.1) is 0 Å². The fourth-order valence-electron chi connectivity index (χ4n) is 2.38. The fraction of sp³-hybridized carbons (Fsp3) is 0.235. The van der Waals surface area contributed by atoms with Gasteiger partial charge in [-0.2, -0.15) is 5.10 Å². The van der Waals surface area contributed by atoms with Crippen LogP contribution in [0.25, 0.3) is 11.3 Å². The number of nitrogens with zero attached hydrogens (tertiary/aromatic N) is 4. The second-order valence-corrected chi connectivity index (χ2v) is 4.99. The summed E-state index contributed by atoms with van der Waals surface area (Å²) in [4.78, 5) is 8.54. The molecule has 0 spiro atoms. The molecule has 6 nitrogen and oxygen atoms in total. The first-order chi connectivity index (χ1) is 11.3. The Bertz CT molecular complexity index is 786. The van der Waals surface area contributed by atoms with Crippen LogP contribution in [-0.2, 0) is 13.2 Å². The summed E-state index contributed by atoms with van der Waals surface area (Å²) in [5.41, 5.74) is 2.90. The quantitative estimate of drug-likeness (QED) is 0.756. The van der Waals surface area contributed by atoms with Gasteiger partial charge >= 0.3 is 0 Å². The third-order valence-electron chi connectivity index (χ3n) is 3.37. The second-order valence-electron chi connectivity index (χ2n) is 4.99. The Morgan fingerprint density at radius 3 is 2.87 bits per heavy atom. The molecular formula is C17H18N4O2. The van der Waals surface area contributed by atoms with Crippen LogP contribution in [0.15, 0.2) is 48.9 Å². The van der Waals surface area contributed by atoms with E-state index in [0.717, 1.165) is 22.6 Å². The van der Waals surface area contributed by atoms with Crippen LogP contribution < -0.4 is 4.74 Å². The molecule has 0 aliphatic carbocycles. The lowest BCUT2D eigenvalue weighted by Gasteiger charge is -2.10. The minimum atomic E-state index is -0.163. The van der Waals surface area contributed by atoms with Gasteiger partial charge in [-0.25, -0.2) is 9.67 Å². The molecule has 0 aliphatic heterocycles. The standard InChI is InChI=1S/C17H18N4O2/c1-2-23-15-7-3-5-13(9-15)17-14(6-4-8-18-17)10-21-12-19-16(11-22)20-21/h3-9,12,22H,2,10-11H2,1H3. The van der Waals surface area contributed by atoms with E-state index in [0.29, 0.717) is 19.0 Å². The van der Waals surface area contributed by atoms with E-state index < -0.39 is 0 Å². The maximum atomic E-state index is 9.07. The van der Waals surface area contributed by atoms with Crippen LogP contribution in [0.5, 0.6) is 5.75 Å². The van der Waals surface area contributed by atoms with E-state index in [1.807, 2.05) is 43.3 Å². The molecule has 1 aromatic carbocycles.